The van der Waals surface area contributed by atoms with Crippen molar-refractivity contribution in [2.75, 3.05) is 33.3 Å². The third kappa shape index (κ3) is 3.09. The van der Waals surface area contributed by atoms with Crippen LogP contribution in [0.25, 0.3) is 0 Å². The third-order valence-corrected chi connectivity index (χ3v) is 5.09. The van der Waals surface area contributed by atoms with Crippen molar-refractivity contribution in [2.24, 2.45) is 0 Å². The molecule has 0 aliphatic carbocycles. The van der Waals surface area contributed by atoms with Gasteiger partial charge in [0.1, 0.15) is 5.92 Å². The highest BCUT2D eigenvalue weighted by molar-refractivity contribution is 6.10. The Labute approximate surface area is 154 Å². The number of hydrogen-bond acceptors (Lipinski definition) is 4. The molecule has 6 nitrogen and oxygen atoms in total. The van der Waals surface area contributed by atoms with Crippen molar-refractivity contribution < 1.29 is 14.4 Å². The van der Waals surface area contributed by atoms with E-state index in [1.165, 1.54) is 0 Å². The number of benzene rings is 1. The van der Waals surface area contributed by atoms with Crippen LogP contribution >= 0.6 is 0 Å². The van der Waals surface area contributed by atoms with Gasteiger partial charge in [-0.15, -0.1) is 5.92 Å². The molecule has 0 spiro atoms. The SMILES string of the molecule is CC#Cc1cc(C)c(C2C(=O)N3CCN(OC)CCN3C2=O)c(CC)c1. The van der Waals surface area contributed by atoms with E-state index in [9.17, 15) is 9.59 Å². The molecule has 138 valence electrons. The van der Waals surface area contributed by atoms with E-state index in [-0.39, 0.29) is 11.8 Å². The Morgan fingerprint density at radius 3 is 2.23 bits per heavy atom. The summed E-state index contributed by atoms with van der Waals surface area (Å²) in [5.74, 6) is 4.96. The lowest BCUT2D eigenvalue weighted by molar-refractivity contribution is -0.145. The fourth-order valence-corrected chi connectivity index (χ4v) is 3.85. The number of carbonyl (C=O) groups is 2. The maximum atomic E-state index is 13.1. The number of hydroxylamine groups is 2. The van der Waals surface area contributed by atoms with E-state index in [4.69, 9.17) is 4.84 Å². The molecule has 0 atom stereocenters. The van der Waals surface area contributed by atoms with Gasteiger partial charge in [0.25, 0.3) is 11.8 Å². The van der Waals surface area contributed by atoms with E-state index >= 15 is 0 Å². The molecular weight excluding hydrogens is 330 g/mol. The number of fused-ring (bicyclic) bond motifs is 1. The minimum atomic E-state index is -0.748. The summed E-state index contributed by atoms with van der Waals surface area (Å²) < 4.78 is 0. The van der Waals surface area contributed by atoms with Crippen LogP contribution in [0.4, 0.5) is 0 Å². The molecule has 2 saturated heterocycles. The van der Waals surface area contributed by atoms with Gasteiger partial charge >= 0.3 is 0 Å². The van der Waals surface area contributed by atoms with Gasteiger partial charge in [-0.3, -0.25) is 9.59 Å². The van der Waals surface area contributed by atoms with Gasteiger partial charge in [-0.1, -0.05) is 12.8 Å². The van der Waals surface area contributed by atoms with E-state index in [0.29, 0.717) is 26.2 Å². The van der Waals surface area contributed by atoms with Crippen LogP contribution < -0.4 is 0 Å². The van der Waals surface area contributed by atoms with E-state index in [1.54, 1.807) is 29.1 Å². The molecule has 2 heterocycles. The van der Waals surface area contributed by atoms with Crippen LogP contribution in [0.15, 0.2) is 12.1 Å². The Morgan fingerprint density at radius 1 is 1.12 bits per heavy atom. The molecule has 3 rings (SSSR count). The highest BCUT2D eigenvalue weighted by atomic mass is 16.7. The second-order valence-electron chi connectivity index (χ2n) is 6.56. The molecule has 26 heavy (non-hydrogen) atoms. The molecule has 6 heteroatoms. The number of nitrogens with zero attached hydrogens (tertiary/aromatic N) is 3. The lowest BCUT2D eigenvalue weighted by atomic mass is 9.87. The van der Waals surface area contributed by atoms with E-state index in [2.05, 4.69) is 11.8 Å². The molecule has 2 aliphatic rings. The molecule has 2 aliphatic heterocycles. The molecule has 2 fully saturated rings. The lowest BCUT2D eigenvalue weighted by Crippen LogP contribution is -2.41. The van der Waals surface area contributed by atoms with Gasteiger partial charge in [0, 0.05) is 18.7 Å². The van der Waals surface area contributed by atoms with E-state index in [1.807, 2.05) is 26.0 Å². The van der Waals surface area contributed by atoms with Crippen molar-refractivity contribution in [3.63, 3.8) is 0 Å². The molecular formula is C20H25N3O3. The first-order valence-corrected chi connectivity index (χ1v) is 8.99. The summed E-state index contributed by atoms with van der Waals surface area (Å²) in [6.45, 7) is 7.88. The summed E-state index contributed by atoms with van der Waals surface area (Å²) >= 11 is 0. The zero-order valence-electron chi connectivity index (χ0n) is 15.8. The van der Waals surface area contributed by atoms with Crippen LogP contribution in [0.5, 0.6) is 0 Å². The average molecular weight is 355 g/mol. The largest absolute Gasteiger partial charge is 0.302 e. The highest BCUT2D eigenvalue weighted by Gasteiger charge is 2.48. The summed E-state index contributed by atoms with van der Waals surface area (Å²) in [7, 11) is 1.61. The van der Waals surface area contributed by atoms with Crippen molar-refractivity contribution in [1.82, 2.24) is 15.1 Å². The number of carbonyl (C=O) groups excluding carboxylic acids is 2. The Morgan fingerprint density at radius 2 is 1.73 bits per heavy atom. The number of rotatable bonds is 3. The molecule has 0 unspecified atom stereocenters. The number of hydrazine groups is 1. The van der Waals surface area contributed by atoms with Crippen molar-refractivity contribution in [1.29, 1.82) is 0 Å². The van der Waals surface area contributed by atoms with Crippen LogP contribution in [-0.2, 0) is 20.8 Å². The number of amides is 2. The Balaban J connectivity index is 1.99. The molecule has 0 N–H and O–H groups in total. The highest BCUT2D eigenvalue weighted by Crippen LogP contribution is 2.34. The maximum absolute atomic E-state index is 13.1. The van der Waals surface area contributed by atoms with Crippen molar-refractivity contribution >= 4 is 11.8 Å². The van der Waals surface area contributed by atoms with Crippen LogP contribution in [0, 0.1) is 18.8 Å². The normalized spacial score (nSPS) is 18.6. The quantitative estimate of drug-likeness (QED) is 0.609. The van der Waals surface area contributed by atoms with Crippen molar-refractivity contribution in [3.05, 3.63) is 34.4 Å². The second kappa shape index (κ2) is 7.48. The van der Waals surface area contributed by atoms with Crippen molar-refractivity contribution in [2.45, 2.75) is 33.1 Å². The minimum absolute atomic E-state index is 0.139. The second-order valence-corrected chi connectivity index (χ2v) is 6.56. The molecule has 1 aromatic carbocycles. The molecule has 0 saturated carbocycles. The molecule has 0 bridgehead atoms. The van der Waals surface area contributed by atoms with Crippen molar-refractivity contribution in [3.8, 4) is 11.8 Å². The Kier molecular flexibility index (Phi) is 5.30. The lowest BCUT2D eigenvalue weighted by Gasteiger charge is -2.23. The summed E-state index contributed by atoms with van der Waals surface area (Å²) in [6.07, 6.45) is 0.754. The summed E-state index contributed by atoms with van der Waals surface area (Å²) in [6, 6.07) is 3.97. The fourth-order valence-electron chi connectivity index (χ4n) is 3.85. The van der Waals surface area contributed by atoms with E-state index in [0.717, 1.165) is 28.7 Å². The van der Waals surface area contributed by atoms with Crippen LogP contribution in [0.3, 0.4) is 0 Å². The molecule has 0 aromatic heterocycles. The molecule has 0 radical (unpaired) electrons. The zero-order valence-corrected chi connectivity index (χ0v) is 15.8. The van der Waals surface area contributed by atoms with Gasteiger partial charge in [0.05, 0.1) is 20.2 Å². The smallest absolute Gasteiger partial charge is 0.258 e. The predicted molar refractivity (Wildman–Crippen MR) is 97.9 cm³/mol. The first-order chi connectivity index (χ1) is 12.5. The van der Waals surface area contributed by atoms with Crippen LogP contribution in [-0.4, -0.2) is 60.2 Å². The minimum Gasteiger partial charge on any atom is -0.302 e. The molecule has 1 aromatic rings. The summed E-state index contributed by atoms with van der Waals surface area (Å²) in [5, 5.41) is 4.95. The van der Waals surface area contributed by atoms with Gasteiger partial charge < -0.3 is 4.84 Å². The average Bonchev–Trinajstić information content (AvgIpc) is 2.79. The summed E-state index contributed by atoms with van der Waals surface area (Å²) in [5.41, 5.74) is 3.74. The number of hydrogen-bond donors (Lipinski definition) is 0. The standard InChI is InChI=1S/C20H25N3O3/c1-5-7-15-12-14(3)17(16(6-2)13-15)18-19(24)22-10-8-21(26-4)9-11-23(22)20(18)25/h12-13,18H,6,8-11H2,1-4H3. The van der Waals surface area contributed by atoms with Gasteiger partial charge in [-0.05, 0) is 49.1 Å². The summed E-state index contributed by atoms with van der Waals surface area (Å²) in [4.78, 5) is 31.5. The maximum Gasteiger partial charge on any atom is 0.258 e. The topological polar surface area (TPSA) is 53.1 Å². The van der Waals surface area contributed by atoms with Gasteiger partial charge in [0.2, 0.25) is 0 Å². The molecule has 2 amide bonds. The van der Waals surface area contributed by atoms with Gasteiger partial charge in [-0.25, -0.2) is 10.0 Å². The monoisotopic (exact) mass is 355 g/mol. The van der Waals surface area contributed by atoms with Crippen LogP contribution in [0.1, 0.15) is 42.0 Å². The number of aryl methyl sites for hydroxylation is 2. The van der Waals surface area contributed by atoms with Gasteiger partial charge in [-0.2, -0.15) is 5.06 Å². The third-order valence-electron chi connectivity index (χ3n) is 5.09. The van der Waals surface area contributed by atoms with Crippen LogP contribution in [0.2, 0.25) is 0 Å². The predicted octanol–water partition coefficient (Wildman–Crippen LogP) is 1.48. The van der Waals surface area contributed by atoms with Gasteiger partial charge in [0.15, 0.2) is 0 Å². The zero-order chi connectivity index (χ0) is 18.8. The first kappa shape index (κ1) is 18.4. The Bertz CT molecular complexity index is 767. The Hall–Kier alpha value is -2.36. The van der Waals surface area contributed by atoms with E-state index < -0.39 is 5.92 Å². The first-order valence-electron chi connectivity index (χ1n) is 8.99. The fraction of sp³-hybridized carbons (Fsp3) is 0.500.